The summed E-state index contributed by atoms with van der Waals surface area (Å²) in [4.78, 5) is 23.7. The summed E-state index contributed by atoms with van der Waals surface area (Å²) in [6.45, 7) is 0. The number of Topliss-reactive ketones (excluding diaryl/α,β-unsaturated/α-hetero) is 1. The molecule has 0 fully saturated rings. The summed E-state index contributed by atoms with van der Waals surface area (Å²) in [5.74, 6) is -0.361. The van der Waals surface area contributed by atoms with Gasteiger partial charge in [-0.3, -0.25) is 4.79 Å². The first kappa shape index (κ1) is 17.6. The number of aliphatic carboxylic acids is 1. The Labute approximate surface area is 154 Å². The van der Waals surface area contributed by atoms with Gasteiger partial charge in [-0.1, -0.05) is 35.3 Å². The van der Waals surface area contributed by atoms with Gasteiger partial charge in [0.2, 0.25) is 0 Å². The molecule has 1 aliphatic rings. The number of rotatable bonds is 5. The van der Waals surface area contributed by atoms with Crippen LogP contribution in [0.2, 0.25) is 10.0 Å². The Morgan fingerprint density at radius 1 is 1.24 bits per heavy atom. The van der Waals surface area contributed by atoms with Crippen molar-refractivity contribution in [2.75, 3.05) is 7.11 Å². The summed E-state index contributed by atoms with van der Waals surface area (Å²) in [7, 11) is 1.57. The van der Waals surface area contributed by atoms with Crippen LogP contribution in [0.3, 0.4) is 0 Å². The number of ether oxygens (including phenoxy) is 2. The van der Waals surface area contributed by atoms with E-state index in [1.165, 1.54) is 0 Å². The lowest BCUT2D eigenvalue weighted by Crippen LogP contribution is -2.24. The van der Waals surface area contributed by atoms with Crippen molar-refractivity contribution >= 4 is 35.0 Å². The van der Waals surface area contributed by atoms with Crippen molar-refractivity contribution in [2.45, 2.75) is 18.9 Å². The topological polar surface area (TPSA) is 72.8 Å². The molecule has 0 spiro atoms. The third-order valence-electron chi connectivity index (χ3n) is 4.00. The third-order valence-corrected chi connectivity index (χ3v) is 4.85. The molecular formula is C18H14Cl2O5. The van der Waals surface area contributed by atoms with Gasteiger partial charge < -0.3 is 14.6 Å². The van der Waals surface area contributed by atoms with E-state index >= 15 is 0 Å². The Morgan fingerprint density at radius 2 is 1.92 bits per heavy atom. The Kier molecular flexibility index (Phi) is 4.88. The van der Waals surface area contributed by atoms with Crippen LogP contribution in [0.5, 0.6) is 11.5 Å². The fraction of sp³-hybridized carbons (Fsp3) is 0.222. The number of halogens is 2. The molecule has 0 aliphatic carbocycles. The van der Waals surface area contributed by atoms with E-state index < -0.39 is 12.1 Å². The molecule has 3 rings (SSSR count). The molecule has 5 nitrogen and oxygen atoms in total. The second-order valence-electron chi connectivity index (χ2n) is 5.64. The quantitative estimate of drug-likeness (QED) is 0.798. The van der Waals surface area contributed by atoms with E-state index in [-0.39, 0.29) is 40.0 Å². The van der Waals surface area contributed by atoms with Gasteiger partial charge in [0, 0.05) is 24.0 Å². The first-order valence-corrected chi connectivity index (χ1v) is 8.22. The number of benzene rings is 2. The van der Waals surface area contributed by atoms with Crippen molar-refractivity contribution in [3.63, 3.8) is 0 Å². The summed E-state index contributed by atoms with van der Waals surface area (Å²) in [6, 6.07) is 8.70. The highest BCUT2D eigenvalue weighted by molar-refractivity contribution is 6.45. The van der Waals surface area contributed by atoms with Crippen molar-refractivity contribution in [3.05, 3.63) is 57.1 Å². The minimum Gasteiger partial charge on any atom is -0.497 e. The van der Waals surface area contributed by atoms with Crippen molar-refractivity contribution in [3.8, 4) is 11.5 Å². The van der Waals surface area contributed by atoms with E-state index in [4.69, 9.17) is 37.8 Å². The number of hydrogen-bond donors (Lipinski definition) is 1. The maximum absolute atomic E-state index is 12.6. The van der Waals surface area contributed by atoms with Crippen molar-refractivity contribution in [1.29, 1.82) is 0 Å². The summed E-state index contributed by atoms with van der Waals surface area (Å²) in [6.07, 6.45) is -0.734. The van der Waals surface area contributed by atoms with Crippen LogP contribution in [-0.2, 0) is 17.6 Å². The summed E-state index contributed by atoms with van der Waals surface area (Å²) >= 11 is 12.4. The van der Waals surface area contributed by atoms with E-state index in [1.54, 1.807) is 37.4 Å². The van der Waals surface area contributed by atoms with Crippen LogP contribution in [0, 0.1) is 0 Å². The molecule has 7 heteroatoms. The average Bonchev–Trinajstić information content (AvgIpc) is 3.03. The van der Waals surface area contributed by atoms with Crippen LogP contribution < -0.4 is 9.47 Å². The lowest BCUT2D eigenvalue weighted by Gasteiger charge is -2.10. The van der Waals surface area contributed by atoms with E-state index in [2.05, 4.69) is 0 Å². The lowest BCUT2D eigenvalue weighted by molar-refractivity contribution is -0.144. The summed E-state index contributed by atoms with van der Waals surface area (Å²) in [5, 5.41) is 9.23. The van der Waals surface area contributed by atoms with Crippen LogP contribution in [0.4, 0.5) is 0 Å². The first-order chi connectivity index (χ1) is 11.9. The van der Waals surface area contributed by atoms with Gasteiger partial charge in [-0.15, -0.1) is 0 Å². The Morgan fingerprint density at radius 3 is 2.52 bits per heavy atom. The standard InChI is InChI=1S/C18H14Cl2O5/c1-24-11-4-2-9(3-5-11)6-13(21)12-7-10-8-14(18(22)23)25-17(10)16(20)15(12)19/h2-5,7,14H,6,8H2,1H3,(H,22,23). The molecule has 1 unspecified atom stereocenters. The molecule has 2 aromatic rings. The molecule has 1 N–H and O–H groups in total. The van der Waals surface area contributed by atoms with Crippen LogP contribution in [-0.4, -0.2) is 30.1 Å². The minimum absolute atomic E-state index is 0.0704. The summed E-state index contributed by atoms with van der Waals surface area (Å²) < 4.78 is 10.4. The fourth-order valence-electron chi connectivity index (χ4n) is 2.69. The molecule has 0 amide bonds. The van der Waals surface area contributed by atoms with Gasteiger partial charge in [-0.05, 0) is 23.8 Å². The Balaban J connectivity index is 1.87. The number of carboxylic acids is 1. The highest BCUT2D eigenvalue weighted by Gasteiger charge is 2.33. The molecular weight excluding hydrogens is 367 g/mol. The molecule has 2 aromatic carbocycles. The van der Waals surface area contributed by atoms with Crippen molar-refractivity contribution in [2.24, 2.45) is 0 Å². The van der Waals surface area contributed by atoms with E-state index in [0.29, 0.717) is 11.3 Å². The van der Waals surface area contributed by atoms with Gasteiger partial charge in [0.1, 0.15) is 16.5 Å². The van der Waals surface area contributed by atoms with Crippen LogP contribution >= 0.6 is 23.2 Å². The zero-order valence-corrected chi connectivity index (χ0v) is 14.7. The van der Waals surface area contributed by atoms with Crippen molar-refractivity contribution < 1.29 is 24.2 Å². The maximum Gasteiger partial charge on any atom is 0.345 e. The maximum atomic E-state index is 12.6. The number of carbonyl (C=O) groups excluding carboxylic acids is 1. The van der Waals surface area contributed by atoms with Crippen LogP contribution in [0.1, 0.15) is 21.5 Å². The van der Waals surface area contributed by atoms with E-state index in [9.17, 15) is 9.59 Å². The molecule has 0 aromatic heterocycles. The molecule has 0 bridgehead atoms. The highest BCUT2D eigenvalue weighted by atomic mass is 35.5. The predicted molar refractivity (Wildman–Crippen MR) is 93.2 cm³/mol. The molecule has 1 aliphatic heterocycles. The average molecular weight is 381 g/mol. The minimum atomic E-state index is -1.09. The normalized spacial score (nSPS) is 15.4. The molecule has 1 atom stereocenters. The van der Waals surface area contributed by atoms with Gasteiger partial charge in [-0.25, -0.2) is 4.79 Å². The molecule has 0 saturated heterocycles. The fourth-order valence-corrected chi connectivity index (χ4v) is 3.20. The molecule has 25 heavy (non-hydrogen) atoms. The van der Waals surface area contributed by atoms with Crippen LogP contribution in [0.25, 0.3) is 0 Å². The van der Waals surface area contributed by atoms with Gasteiger partial charge >= 0.3 is 5.97 Å². The van der Waals surface area contributed by atoms with Gasteiger partial charge in [-0.2, -0.15) is 0 Å². The second-order valence-corrected chi connectivity index (χ2v) is 6.39. The van der Waals surface area contributed by atoms with Gasteiger partial charge in [0.05, 0.1) is 12.1 Å². The molecule has 0 radical (unpaired) electrons. The number of fused-ring (bicyclic) bond motifs is 1. The number of hydrogen-bond acceptors (Lipinski definition) is 4. The van der Waals surface area contributed by atoms with E-state index in [0.717, 1.165) is 5.56 Å². The monoisotopic (exact) mass is 380 g/mol. The SMILES string of the molecule is COc1ccc(CC(=O)c2cc3c(c(Cl)c2Cl)OC(C(=O)O)C3)cc1. The first-order valence-electron chi connectivity index (χ1n) is 7.47. The zero-order chi connectivity index (χ0) is 18.1. The number of carbonyl (C=O) groups is 2. The van der Waals surface area contributed by atoms with E-state index in [1.807, 2.05) is 0 Å². The Hall–Kier alpha value is -2.24. The van der Waals surface area contributed by atoms with Gasteiger partial charge in [0.15, 0.2) is 11.9 Å². The number of methoxy groups -OCH3 is 1. The highest BCUT2D eigenvalue weighted by Crippen LogP contribution is 2.42. The van der Waals surface area contributed by atoms with Crippen LogP contribution in [0.15, 0.2) is 30.3 Å². The summed E-state index contributed by atoms with van der Waals surface area (Å²) in [5.41, 5.74) is 1.63. The zero-order valence-electron chi connectivity index (χ0n) is 13.2. The molecule has 130 valence electrons. The predicted octanol–water partition coefficient (Wildman–Crippen LogP) is 3.82. The molecule has 1 heterocycles. The van der Waals surface area contributed by atoms with Gasteiger partial charge in [0.25, 0.3) is 0 Å². The third kappa shape index (κ3) is 3.43. The number of carboxylic acid groups (broad SMARTS) is 1. The largest absolute Gasteiger partial charge is 0.497 e. The number of ketones is 1. The molecule has 0 saturated carbocycles. The van der Waals surface area contributed by atoms with Crippen molar-refractivity contribution in [1.82, 2.24) is 0 Å². The Bertz CT molecular complexity index is 846. The second kappa shape index (κ2) is 6.94. The lowest BCUT2D eigenvalue weighted by atomic mass is 9.99. The smallest absolute Gasteiger partial charge is 0.345 e.